The summed E-state index contributed by atoms with van der Waals surface area (Å²) in [6.45, 7) is 3.22. The maximum atomic E-state index is 5.28. The van der Waals surface area contributed by atoms with Crippen LogP contribution in [0.1, 0.15) is 44.6 Å². The predicted molar refractivity (Wildman–Crippen MR) is 83.6 cm³/mol. The van der Waals surface area contributed by atoms with E-state index < -0.39 is 0 Å². The van der Waals surface area contributed by atoms with E-state index in [0.29, 0.717) is 6.04 Å². The average Bonchev–Trinajstić information content (AvgIpc) is 2.47. The highest BCUT2D eigenvalue weighted by molar-refractivity contribution is 9.10. The van der Waals surface area contributed by atoms with Crippen LogP contribution in [0.3, 0.4) is 0 Å². The minimum absolute atomic E-state index is 0.596. The summed E-state index contributed by atoms with van der Waals surface area (Å²) in [4.78, 5) is 0. The zero-order valence-corrected chi connectivity index (χ0v) is 13.5. The van der Waals surface area contributed by atoms with Crippen molar-refractivity contribution in [3.8, 4) is 5.75 Å². The summed E-state index contributed by atoms with van der Waals surface area (Å²) >= 11 is 3.61. The maximum absolute atomic E-state index is 5.28. The van der Waals surface area contributed by atoms with E-state index in [1.807, 2.05) is 6.07 Å². The normalized spacial score (nSPS) is 18.3. The minimum Gasteiger partial charge on any atom is -0.497 e. The molecule has 0 aromatic heterocycles. The van der Waals surface area contributed by atoms with Gasteiger partial charge in [-0.15, -0.1) is 0 Å². The van der Waals surface area contributed by atoms with Crippen molar-refractivity contribution in [2.45, 2.75) is 51.6 Å². The lowest BCUT2D eigenvalue weighted by Crippen LogP contribution is -2.34. The summed E-state index contributed by atoms with van der Waals surface area (Å²) in [5.41, 5.74) is 1.27. The molecular formula is C16H24BrNO. The summed E-state index contributed by atoms with van der Waals surface area (Å²) in [6, 6.07) is 6.74. The zero-order valence-electron chi connectivity index (χ0n) is 11.9. The van der Waals surface area contributed by atoms with Crippen molar-refractivity contribution in [2.75, 3.05) is 7.11 Å². The summed E-state index contributed by atoms with van der Waals surface area (Å²) in [5, 5.41) is 3.68. The zero-order chi connectivity index (χ0) is 13.7. The molecule has 0 saturated heterocycles. The lowest BCUT2D eigenvalue weighted by molar-refractivity contribution is 0.280. The first kappa shape index (κ1) is 14.9. The first-order valence-corrected chi connectivity index (χ1v) is 8.06. The lowest BCUT2D eigenvalue weighted by atomic mass is 9.84. The Kier molecular flexibility index (Phi) is 5.71. The molecule has 0 spiro atoms. The van der Waals surface area contributed by atoms with Crippen molar-refractivity contribution in [1.82, 2.24) is 5.32 Å². The topological polar surface area (TPSA) is 21.3 Å². The fraction of sp³-hybridized carbons (Fsp3) is 0.625. The summed E-state index contributed by atoms with van der Waals surface area (Å²) in [6.07, 6.45) is 6.99. The Balaban J connectivity index is 1.90. The lowest BCUT2D eigenvalue weighted by Gasteiger charge is -2.28. The molecule has 1 unspecified atom stereocenters. The molecule has 19 heavy (non-hydrogen) atoms. The molecule has 2 nitrogen and oxygen atoms in total. The van der Waals surface area contributed by atoms with E-state index in [1.165, 1.54) is 37.7 Å². The van der Waals surface area contributed by atoms with Crippen molar-refractivity contribution in [2.24, 2.45) is 5.92 Å². The molecule has 1 N–H and O–H groups in total. The molecule has 0 radical (unpaired) electrons. The summed E-state index contributed by atoms with van der Waals surface area (Å²) in [7, 11) is 1.71. The van der Waals surface area contributed by atoms with Gasteiger partial charge < -0.3 is 10.1 Å². The van der Waals surface area contributed by atoms with E-state index in [9.17, 15) is 0 Å². The van der Waals surface area contributed by atoms with Gasteiger partial charge in [-0.05, 0) is 49.4 Å². The van der Waals surface area contributed by atoms with E-state index in [1.54, 1.807) is 7.11 Å². The number of ether oxygens (including phenoxy) is 1. The van der Waals surface area contributed by atoms with Crippen LogP contribution < -0.4 is 10.1 Å². The van der Waals surface area contributed by atoms with Gasteiger partial charge in [0.25, 0.3) is 0 Å². The Hall–Kier alpha value is -0.540. The largest absolute Gasteiger partial charge is 0.497 e. The number of hydrogen-bond donors (Lipinski definition) is 1. The van der Waals surface area contributed by atoms with Crippen molar-refractivity contribution in [1.29, 1.82) is 0 Å². The molecule has 1 aliphatic carbocycles. The Morgan fingerprint density at radius 1 is 1.32 bits per heavy atom. The number of methoxy groups -OCH3 is 1. The van der Waals surface area contributed by atoms with Gasteiger partial charge in [-0.25, -0.2) is 0 Å². The van der Waals surface area contributed by atoms with Gasteiger partial charge >= 0.3 is 0 Å². The highest BCUT2D eigenvalue weighted by Crippen LogP contribution is 2.27. The van der Waals surface area contributed by atoms with Crippen molar-refractivity contribution in [3.05, 3.63) is 28.2 Å². The monoisotopic (exact) mass is 325 g/mol. The summed E-state index contributed by atoms with van der Waals surface area (Å²) in [5.74, 6) is 1.77. The third-order valence-corrected chi connectivity index (χ3v) is 5.00. The first-order chi connectivity index (χ1) is 9.20. The second kappa shape index (κ2) is 7.30. The molecule has 1 atom stereocenters. The molecule has 1 aromatic carbocycles. The molecule has 1 fully saturated rings. The molecule has 3 heteroatoms. The van der Waals surface area contributed by atoms with Crippen LogP contribution in [0.25, 0.3) is 0 Å². The third kappa shape index (κ3) is 4.22. The number of benzene rings is 1. The smallest absolute Gasteiger partial charge is 0.119 e. The Labute approximate surface area is 125 Å². The van der Waals surface area contributed by atoms with Crippen molar-refractivity contribution < 1.29 is 4.74 Å². The van der Waals surface area contributed by atoms with Crippen LogP contribution in [0.5, 0.6) is 5.75 Å². The molecular weight excluding hydrogens is 302 g/mol. The molecule has 2 rings (SSSR count). The van der Waals surface area contributed by atoms with Gasteiger partial charge in [-0.2, -0.15) is 0 Å². The van der Waals surface area contributed by atoms with Gasteiger partial charge in [0.2, 0.25) is 0 Å². The van der Waals surface area contributed by atoms with E-state index in [-0.39, 0.29) is 0 Å². The minimum atomic E-state index is 0.596. The quantitative estimate of drug-likeness (QED) is 0.859. The van der Waals surface area contributed by atoms with Crippen LogP contribution in [-0.2, 0) is 6.54 Å². The molecule has 1 saturated carbocycles. The highest BCUT2D eigenvalue weighted by atomic mass is 79.9. The Morgan fingerprint density at radius 2 is 2.05 bits per heavy atom. The number of nitrogens with one attached hydrogen (secondary N) is 1. The van der Waals surface area contributed by atoms with Crippen molar-refractivity contribution >= 4 is 15.9 Å². The SMILES string of the molecule is COc1ccc(Br)c(CNC(C)C2CCCCC2)c1. The Morgan fingerprint density at radius 3 is 2.74 bits per heavy atom. The van der Waals surface area contributed by atoms with E-state index in [2.05, 4.69) is 40.3 Å². The predicted octanol–water partition coefficient (Wildman–Crippen LogP) is 4.52. The van der Waals surface area contributed by atoms with Crippen LogP contribution in [0.2, 0.25) is 0 Å². The van der Waals surface area contributed by atoms with Gasteiger partial charge in [-0.1, -0.05) is 35.2 Å². The van der Waals surface area contributed by atoms with Crippen LogP contribution in [0.15, 0.2) is 22.7 Å². The standard InChI is InChI=1S/C16H24BrNO/c1-12(13-6-4-3-5-7-13)18-11-14-10-15(19-2)8-9-16(14)17/h8-10,12-13,18H,3-7,11H2,1-2H3. The number of halogens is 1. The Bertz CT molecular complexity index is 402. The number of hydrogen-bond acceptors (Lipinski definition) is 2. The maximum Gasteiger partial charge on any atom is 0.119 e. The number of rotatable bonds is 5. The molecule has 1 aliphatic rings. The molecule has 1 aromatic rings. The third-order valence-electron chi connectivity index (χ3n) is 4.22. The van der Waals surface area contributed by atoms with Crippen molar-refractivity contribution in [3.63, 3.8) is 0 Å². The van der Waals surface area contributed by atoms with Gasteiger partial charge in [0.1, 0.15) is 5.75 Å². The molecule has 0 amide bonds. The molecule has 0 aliphatic heterocycles. The van der Waals surface area contributed by atoms with E-state index in [4.69, 9.17) is 4.74 Å². The fourth-order valence-electron chi connectivity index (χ4n) is 2.89. The van der Waals surface area contributed by atoms with Gasteiger partial charge in [0, 0.05) is 17.1 Å². The van der Waals surface area contributed by atoms with Crippen LogP contribution in [0, 0.1) is 5.92 Å². The van der Waals surface area contributed by atoms with Gasteiger partial charge in [0.15, 0.2) is 0 Å². The van der Waals surface area contributed by atoms with Crippen LogP contribution >= 0.6 is 15.9 Å². The average molecular weight is 326 g/mol. The van der Waals surface area contributed by atoms with Crippen LogP contribution in [0.4, 0.5) is 0 Å². The van der Waals surface area contributed by atoms with Crippen LogP contribution in [-0.4, -0.2) is 13.2 Å². The first-order valence-electron chi connectivity index (χ1n) is 7.26. The van der Waals surface area contributed by atoms with E-state index in [0.717, 1.165) is 22.7 Å². The highest BCUT2D eigenvalue weighted by Gasteiger charge is 2.19. The van der Waals surface area contributed by atoms with Gasteiger partial charge in [0.05, 0.1) is 7.11 Å². The molecule has 0 bridgehead atoms. The summed E-state index contributed by atoms with van der Waals surface area (Å²) < 4.78 is 6.43. The molecule has 0 heterocycles. The molecule has 106 valence electrons. The van der Waals surface area contributed by atoms with E-state index >= 15 is 0 Å². The second-order valence-corrected chi connectivity index (χ2v) is 6.38. The van der Waals surface area contributed by atoms with Gasteiger partial charge in [-0.3, -0.25) is 0 Å². The second-order valence-electron chi connectivity index (χ2n) is 5.53. The fourth-order valence-corrected chi connectivity index (χ4v) is 3.27.